The number of aryl methyl sites for hydroxylation is 1. The summed E-state index contributed by atoms with van der Waals surface area (Å²) in [6.45, 7) is 5.31. The van der Waals surface area contributed by atoms with Crippen LogP contribution in [0.3, 0.4) is 0 Å². The average molecular weight is 580 g/mol. The first-order chi connectivity index (χ1) is 19.1. The Hall–Kier alpha value is -2.80. The number of esters is 1. The van der Waals surface area contributed by atoms with Crippen LogP contribution >= 0.6 is 0 Å². The highest BCUT2D eigenvalue weighted by molar-refractivity contribution is 7.89. The maximum Gasteiger partial charge on any atom is 0.306 e. The number of hydrogen-bond donors (Lipinski definition) is 2. The zero-order valence-corrected chi connectivity index (χ0v) is 24.8. The molecule has 0 aliphatic carbocycles. The number of piperidine rings is 2. The number of anilines is 3. The Morgan fingerprint density at radius 2 is 1.93 bits per heavy atom. The van der Waals surface area contributed by atoms with Gasteiger partial charge in [0.15, 0.2) is 17.5 Å². The molecule has 222 valence electrons. The molecule has 2 aromatic heterocycles. The molecule has 0 unspecified atom stereocenters. The molecule has 40 heavy (non-hydrogen) atoms. The van der Waals surface area contributed by atoms with Gasteiger partial charge in [0.05, 0.1) is 5.75 Å². The van der Waals surface area contributed by atoms with Crippen LogP contribution in [-0.4, -0.2) is 69.8 Å². The van der Waals surface area contributed by atoms with Crippen LogP contribution in [0.2, 0.25) is 0 Å². The van der Waals surface area contributed by atoms with Crippen molar-refractivity contribution in [2.75, 3.05) is 23.0 Å². The second-order valence-electron chi connectivity index (χ2n) is 10.9. The van der Waals surface area contributed by atoms with Crippen LogP contribution in [0.15, 0.2) is 6.07 Å². The molecule has 3 atom stereocenters. The maximum absolute atomic E-state index is 15.6. The van der Waals surface area contributed by atoms with Crippen molar-refractivity contribution in [3.63, 3.8) is 0 Å². The van der Waals surface area contributed by atoms with Gasteiger partial charge in [-0.3, -0.25) is 9.89 Å². The summed E-state index contributed by atoms with van der Waals surface area (Å²) in [5.41, 5.74) is 0.770. The summed E-state index contributed by atoms with van der Waals surface area (Å²) in [7, 11) is -1.46. The van der Waals surface area contributed by atoms with Gasteiger partial charge in [0.1, 0.15) is 12.3 Å². The summed E-state index contributed by atoms with van der Waals surface area (Å²) in [5, 5.41) is 9.85. The molecule has 2 aromatic rings. The molecule has 4 heterocycles. The number of halogens is 1. The van der Waals surface area contributed by atoms with E-state index in [1.54, 1.807) is 17.3 Å². The van der Waals surface area contributed by atoms with Crippen molar-refractivity contribution in [2.45, 2.75) is 110 Å². The molecular weight excluding hydrogens is 537 g/mol. The Labute approximate surface area is 236 Å². The lowest BCUT2D eigenvalue weighted by atomic mass is 9.83. The van der Waals surface area contributed by atoms with E-state index in [1.165, 1.54) is 0 Å². The fourth-order valence-corrected chi connectivity index (χ4v) is 7.32. The summed E-state index contributed by atoms with van der Waals surface area (Å²) in [6.07, 6.45) is 7.97. The summed E-state index contributed by atoms with van der Waals surface area (Å²) in [5.74, 6) is -0.404. The van der Waals surface area contributed by atoms with Crippen molar-refractivity contribution in [3.8, 4) is 0 Å². The van der Waals surface area contributed by atoms with Crippen molar-refractivity contribution < 1.29 is 22.3 Å². The highest BCUT2D eigenvalue weighted by Crippen LogP contribution is 2.38. The molecule has 4 rings (SSSR count). The third-order valence-corrected chi connectivity index (χ3v) is 9.87. The van der Waals surface area contributed by atoms with E-state index in [2.05, 4.69) is 32.4 Å². The third-order valence-electron chi connectivity index (χ3n) is 7.90. The van der Waals surface area contributed by atoms with Crippen molar-refractivity contribution in [1.82, 2.24) is 24.5 Å². The number of H-pyrrole nitrogens is 1. The molecule has 13 heteroatoms. The smallest absolute Gasteiger partial charge is 0.306 e. The van der Waals surface area contributed by atoms with Gasteiger partial charge >= 0.3 is 5.97 Å². The molecule has 2 bridgehead atoms. The molecule has 2 fully saturated rings. The van der Waals surface area contributed by atoms with Crippen LogP contribution in [0.1, 0.15) is 89.4 Å². The molecule has 0 amide bonds. The summed E-state index contributed by atoms with van der Waals surface area (Å²) >= 11 is 0. The number of carbonyl (C=O) groups excluding carboxylic acids is 1. The third kappa shape index (κ3) is 7.09. The number of rotatable bonds is 13. The lowest BCUT2D eigenvalue weighted by Gasteiger charge is -2.49. The average Bonchev–Trinajstić information content (AvgIpc) is 3.34. The van der Waals surface area contributed by atoms with Crippen LogP contribution in [-0.2, 0) is 26.2 Å². The zero-order chi connectivity index (χ0) is 28.9. The molecule has 11 nitrogen and oxygen atoms in total. The number of aromatic nitrogens is 4. The minimum absolute atomic E-state index is 0.0280. The Balaban J connectivity index is 1.56. The van der Waals surface area contributed by atoms with E-state index < -0.39 is 21.8 Å². The summed E-state index contributed by atoms with van der Waals surface area (Å²) < 4.78 is 48.3. The van der Waals surface area contributed by atoms with Crippen molar-refractivity contribution in [3.05, 3.63) is 23.3 Å². The predicted octanol–water partition coefficient (Wildman–Crippen LogP) is 4.58. The van der Waals surface area contributed by atoms with Gasteiger partial charge in [-0.2, -0.15) is 14.4 Å². The second kappa shape index (κ2) is 13.2. The Morgan fingerprint density at radius 3 is 2.55 bits per heavy atom. The highest BCUT2D eigenvalue weighted by Gasteiger charge is 2.45. The van der Waals surface area contributed by atoms with E-state index in [0.29, 0.717) is 18.7 Å². The van der Waals surface area contributed by atoms with Gasteiger partial charge in [-0.1, -0.05) is 32.6 Å². The van der Waals surface area contributed by atoms with E-state index in [4.69, 9.17) is 4.74 Å². The molecule has 2 aliphatic heterocycles. The minimum Gasteiger partial charge on any atom is -0.459 e. The number of nitrogens with zero attached hydrogens (tertiary/aromatic N) is 5. The van der Waals surface area contributed by atoms with Crippen LogP contribution in [0.25, 0.3) is 0 Å². The van der Waals surface area contributed by atoms with Gasteiger partial charge in [-0.25, -0.2) is 17.8 Å². The molecule has 2 saturated heterocycles. The van der Waals surface area contributed by atoms with Crippen LogP contribution in [0, 0.1) is 12.7 Å². The lowest BCUT2D eigenvalue weighted by Crippen LogP contribution is -2.58. The van der Waals surface area contributed by atoms with E-state index in [-0.39, 0.29) is 54.4 Å². The monoisotopic (exact) mass is 579 g/mol. The highest BCUT2D eigenvalue weighted by atomic mass is 32.2. The SMILES string of the molecule is CCCCCCC(=O)OCc1nc(N(C)[C@H]2C[C@H]3CCC[C@@H](C2)N3S(=O)(=O)CC)nc(Nc2cc(C)[nH]n2)c1F. The molecule has 2 aliphatic rings. The number of unbranched alkanes of at least 4 members (excludes halogenated alkanes) is 3. The van der Waals surface area contributed by atoms with Gasteiger partial charge in [-0.15, -0.1) is 0 Å². The fourth-order valence-electron chi connectivity index (χ4n) is 5.73. The van der Waals surface area contributed by atoms with Crippen LogP contribution in [0.5, 0.6) is 0 Å². The number of aromatic amines is 1. The van der Waals surface area contributed by atoms with Gasteiger partial charge in [-0.05, 0) is 46.0 Å². The standard InChI is InChI=1S/C27H42FN7O4S/c1-5-7-8-9-13-24(36)39-17-22-25(28)26(30-23-14-18(3)32-33-23)31-27(29-22)34(4)21-15-19-11-10-12-20(16-21)35(19)40(37,38)6-2/h14,19-21H,5-13,15-17H2,1-4H3,(H2,29,30,31,32,33)/t19-,20+,21+. The van der Waals surface area contributed by atoms with E-state index in [0.717, 1.165) is 50.6 Å². The van der Waals surface area contributed by atoms with Crippen molar-refractivity contribution >= 4 is 33.6 Å². The molecular formula is C27H42FN7O4S. The normalized spacial score (nSPS) is 21.3. The first-order valence-electron chi connectivity index (χ1n) is 14.4. The topological polar surface area (TPSA) is 133 Å². The summed E-state index contributed by atoms with van der Waals surface area (Å²) in [4.78, 5) is 23.2. The minimum atomic E-state index is -3.31. The lowest BCUT2D eigenvalue weighted by molar-refractivity contribution is -0.145. The van der Waals surface area contributed by atoms with E-state index >= 15 is 4.39 Å². The van der Waals surface area contributed by atoms with Gasteiger partial charge < -0.3 is 15.0 Å². The number of carbonyl (C=O) groups is 1. The Bertz CT molecular complexity index is 1260. The van der Waals surface area contributed by atoms with Crippen molar-refractivity contribution in [1.29, 1.82) is 0 Å². The Morgan fingerprint density at radius 1 is 1.20 bits per heavy atom. The molecule has 0 saturated carbocycles. The van der Waals surface area contributed by atoms with Crippen LogP contribution < -0.4 is 10.2 Å². The van der Waals surface area contributed by atoms with E-state index in [1.807, 2.05) is 18.9 Å². The van der Waals surface area contributed by atoms with Crippen molar-refractivity contribution in [2.24, 2.45) is 0 Å². The number of hydrogen-bond acceptors (Lipinski definition) is 9. The first-order valence-corrected chi connectivity index (χ1v) is 16.0. The molecule has 2 N–H and O–H groups in total. The molecule has 0 aromatic carbocycles. The van der Waals surface area contributed by atoms with Gasteiger partial charge in [0.2, 0.25) is 16.0 Å². The fraction of sp³-hybridized carbons (Fsp3) is 0.704. The summed E-state index contributed by atoms with van der Waals surface area (Å²) in [6, 6.07) is 1.54. The van der Waals surface area contributed by atoms with E-state index in [9.17, 15) is 13.2 Å². The largest absolute Gasteiger partial charge is 0.459 e. The number of ether oxygens (including phenoxy) is 1. The molecule has 0 spiro atoms. The van der Waals surface area contributed by atoms with Gasteiger partial charge in [0.25, 0.3) is 0 Å². The quantitative estimate of drug-likeness (QED) is 0.258. The number of sulfonamides is 1. The Kier molecular flexibility index (Phi) is 9.99. The number of fused-ring (bicyclic) bond motifs is 2. The van der Waals surface area contributed by atoms with Gasteiger partial charge in [0, 0.05) is 43.4 Å². The van der Waals surface area contributed by atoms with Crippen LogP contribution in [0.4, 0.5) is 22.0 Å². The predicted molar refractivity (Wildman–Crippen MR) is 151 cm³/mol. The maximum atomic E-state index is 15.6. The number of nitrogens with one attached hydrogen (secondary N) is 2. The first kappa shape index (κ1) is 30.2. The molecule has 0 radical (unpaired) electrons. The second-order valence-corrected chi connectivity index (χ2v) is 13.0. The zero-order valence-electron chi connectivity index (χ0n) is 23.9.